The zero-order chi connectivity index (χ0) is 22.8. The van der Waals surface area contributed by atoms with Crippen molar-refractivity contribution < 1.29 is 28.6 Å². The molecule has 3 rings (SSSR count). The van der Waals surface area contributed by atoms with Gasteiger partial charge in [0, 0.05) is 26.2 Å². The van der Waals surface area contributed by atoms with Gasteiger partial charge in [0.15, 0.2) is 0 Å². The summed E-state index contributed by atoms with van der Waals surface area (Å²) in [6, 6.07) is 14.0. The van der Waals surface area contributed by atoms with E-state index < -0.39 is 12.2 Å². The Labute approximate surface area is 186 Å². The molecular weight excluding hydrogens is 417 g/mol. The van der Waals surface area contributed by atoms with E-state index >= 15 is 0 Å². The van der Waals surface area contributed by atoms with Gasteiger partial charge in [-0.15, -0.1) is 0 Å². The van der Waals surface area contributed by atoms with Crippen LogP contribution in [0.25, 0.3) is 0 Å². The van der Waals surface area contributed by atoms with Gasteiger partial charge in [0.25, 0.3) is 0 Å². The van der Waals surface area contributed by atoms with Gasteiger partial charge in [-0.25, -0.2) is 9.18 Å². The van der Waals surface area contributed by atoms with Gasteiger partial charge >= 0.3 is 6.09 Å². The molecule has 2 aromatic carbocycles. The average molecular weight is 445 g/mol. The molecule has 2 aromatic rings. The van der Waals surface area contributed by atoms with Crippen LogP contribution < -0.4 is 15.5 Å². The molecule has 1 fully saturated rings. The molecule has 0 saturated carbocycles. The fourth-order valence-electron chi connectivity index (χ4n) is 3.25. The summed E-state index contributed by atoms with van der Waals surface area (Å²) in [5, 5.41) is 15.0. The van der Waals surface area contributed by atoms with Gasteiger partial charge in [0.05, 0.1) is 31.4 Å². The van der Waals surface area contributed by atoms with Crippen molar-refractivity contribution in [3.8, 4) is 0 Å². The number of aliphatic hydroxyl groups excluding tert-OH is 1. The number of hydrogen-bond acceptors (Lipinski definition) is 6. The molecule has 1 unspecified atom stereocenters. The highest BCUT2D eigenvalue weighted by Crippen LogP contribution is 2.21. The molecule has 0 spiro atoms. The van der Waals surface area contributed by atoms with Gasteiger partial charge in [0.2, 0.25) is 5.91 Å². The van der Waals surface area contributed by atoms with Crippen LogP contribution in [0.3, 0.4) is 0 Å². The average Bonchev–Trinajstić information content (AvgIpc) is 2.81. The molecule has 1 atom stereocenters. The molecule has 0 radical (unpaired) electrons. The number of ether oxygens (including phenoxy) is 2. The molecule has 9 heteroatoms. The van der Waals surface area contributed by atoms with E-state index in [1.165, 1.54) is 6.07 Å². The number of nitrogens with zero attached hydrogens (tertiary/aromatic N) is 1. The third-order valence-corrected chi connectivity index (χ3v) is 4.96. The van der Waals surface area contributed by atoms with E-state index in [2.05, 4.69) is 10.6 Å². The Hall–Kier alpha value is -3.17. The van der Waals surface area contributed by atoms with Gasteiger partial charge in [0.1, 0.15) is 12.4 Å². The zero-order valence-electron chi connectivity index (χ0n) is 17.8. The molecule has 0 aliphatic carbocycles. The van der Waals surface area contributed by atoms with Crippen molar-refractivity contribution in [2.75, 3.05) is 44.3 Å². The molecule has 1 heterocycles. The van der Waals surface area contributed by atoms with E-state index in [4.69, 9.17) is 9.47 Å². The second-order valence-electron chi connectivity index (χ2n) is 7.46. The number of aliphatic hydroxyl groups is 1. The third-order valence-electron chi connectivity index (χ3n) is 4.96. The predicted octanol–water partition coefficient (Wildman–Crippen LogP) is 1.61. The lowest BCUT2D eigenvalue weighted by atomic mass is 10.1. The summed E-state index contributed by atoms with van der Waals surface area (Å²) < 4.78 is 24.8. The lowest BCUT2D eigenvalue weighted by Crippen LogP contribution is -2.40. The highest BCUT2D eigenvalue weighted by atomic mass is 19.1. The predicted molar refractivity (Wildman–Crippen MR) is 117 cm³/mol. The van der Waals surface area contributed by atoms with Crippen LogP contribution in [0.1, 0.15) is 11.1 Å². The van der Waals surface area contributed by atoms with E-state index in [1.807, 2.05) is 35.2 Å². The quantitative estimate of drug-likeness (QED) is 0.542. The van der Waals surface area contributed by atoms with Crippen molar-refractivity contribution in [3.05, 3.63) is 65.5 Å². The first kappa shape index (κ1) is 23.5. The lowest BCUT2D eigenvalue weighted by Gasteiger charge is -2.29. The molecule has 1 saturated heterocycles. The van der Waals surface area contributed by atoms with Crippen molar-refractivity contribution in [2.24, 2.45) is 0 Å². The summed E-state index contributed by atoms with van der Waals surface area (Å²) in [7, 11) is 0. The fraction of sp³-hybridized carbons (Fsp3) is 0.391. The normalized spacial score (nSPS) is 14.5. The molecule has 8 nitrogen and oxygen atoms in total. The molecule has 0 aromatic heterocycles. The first-order chi connectivity index (χ1) is 15.5. The largest absolute Gasteiger partial charge is 0.445 e. The van der Waals surface area contributed by atoms with E-state index in [1.54, 1.807) is 12.1 Å². The maximum absolute atomic E-state index is 14.4. The molecule has 0 bridgehead atoms. The molecule has 172 valence electrons. The van der Waals surface area contributed by atoms with Gasteiger partial charge in [-0.2, -0.15) is 0 Å². The second-order valence-corrected chi connectivity index (χ2v) is 7.46. The first-order valence-electron chi connectivity index (χ1n) is 10.5. The minimum atomic E-state index is -0.983. The zero-order valence-corrected chi connectivity index (χ0v) is 17.8. The molecule has 1 aliphatic rings. The summed E-state index contributed by atoms with van der Waals surface area (Å²) in [5.74, 6) is -0.732. The summed E-state index contributed by atoms with van der Waals surface area (Å²) >= 11 is 0. The van der Waals surface area contributed by atoms with E-state index in [0.29, 0.717) is 37.6 Å². The molecule has 1 aliphatic heterocycles. The van der Waals surface area contributed by atoms with Crippen molar-refractivity contribution >= 4 is 17.7 Å². The molecule has 2 amide bonds. The number of amides is 2. The van der Waals surface area contributed by atoms with Crippen LogP contribution in [0.15, 0.2) is 48.5 Å². The fourth-order valence-corrected chi connectivity index (χ4v) is 3.25. The molecule has 3 N–H and O–H groups in total. The number of halogens is 1. The van der Waals surface area contributed by atoms with Gasteiger partial charge in [-0.3, -0.25) is 4.79 Å². The monoisotopic (exact) mass is 445 g/mol. The minimum absolute atomic E-state index is 0.0143. The second kappa shape index (κ2) is 12.0. The number of nitrogens with one attached hydrogen (secondary N) is 2. The van der Waals surface area contributed by atoms with E-state index in [9.17, 15) is 19.1 Å². The number of rotatable bonds is 9. The van der Waals surface area contributed by atoms with Crippen molar-refractivity contribution in [1.29, 1.82) is 0 Å². The lowest BCUT2D eigenvalue weighted by molar-refractivity contribution is -0.120. The Morgan fingerprint density at radius 3 is 2.50 bits per heavy atom. The summed E-state index contributed by atoms with van der Waals surface area (Å²) in [6.45, 7) is 2.38. The number of benzene rings is 2. The first-order valence-corrected chi connectivity index (χ1v) is 10.5. The van der Waals surface area contributed by atoms with Gasteiger partial charge in [-0.05, 0) is 23.3 Å². The van der Waals surface area contributed by atoms with Crippen LogP contribution in [-0.4, -0.2) is 62.6 Å². The Morgan fingerprint density at radius 1 is 1.06 bits per heavy atom. The Morgan fingerprint density at radius 2 is 1.78 bits per heavy atom. The van der Waals surface area contributed by atoms with Crippen LogP contribution in [0.4, 0.5) is 14.9 Å². The van der Waals surface area contributed by atoms with Crippen LogP contribution in [-0.2, 0) is 27.3 Å². The Bertz CT molecular complexity index is 890. The standard InChI is InChI=1S/C23H28FN3O5/c24-20-12-18(6-7-21(20)27-8-10-31-11-9-27)13-22(29)25-14-19(28)15-26-23(30)32-16-17-4-2-1-3-5-17/h1-7,12,19,28H,8-11,13-16H2,(H,25,29)(H,26,30). The number of hydrogen-bond donors (Lipinski definition) is 3. The summed E-state index contributed by atoms with van der Waals surface area (Å²) in [5.41, 5.74) is 1.89. The minimum Gasteiger partial charge on any atom is -0.445 e. The maximum Gasteiger partial charge on any atom is 0.407 e. The maximum atomic E-state index is 14.4. The highest BCUT2D eigenvalue weighted by Gasteiger charge is 2.16. The van der Waals surface area contributed by atoms with Gasteiger partial charge < -0.3 is 30.1 Å². The van der Waals surface area contributed by atoms with Crippen molar-refractivity contribution in [2.45, 2.75) is 19.1 Å². The summed E-state index contributed by atoms with van der Waals surface area (Å²) in [6.07, 6.45) is -1.65. The SMILES string of the molecule is O=C(Cc1ccc(N2CCOCC2)c(F)c1)NCC(O)CNC(=O)OCc1ccccc1. The van der Waals surface area contributed by atoms with Crippen LogP contribution in [0, 0.1) is 5.82 Å². The topological polar surface area (TPSA) is 100 Å². The van der Waals surface area contributed by atoms with Crippen LogP contribution in [0.2, 0.25) is 0 Å². The number of carbonyl (C=O) groups is 2. The highest BCUT2D eigenvalue weighted by molar-refractivity contribution is 5.78. The summed E-state index contributed by atoms with van der Waals surface area (Å²) in [4.78, 5) is 25.7. The Balaban J connectivity index is 1.35. The number of carbonyl (C=O) groups excluding carboxylic acids is 2. The number of anilines is 1. The number of alkyl carbamates (subject to hydrolysis) is 1. The molecule has 32 heavy (non-hydrogen) atoms. The van der Waals surface area contributed by atoms with E-state index in [-0.39, 0.29) is 37.8 Å². The van der Waals surface area contributed by atoms with Crippen LogP contribution >= 0.6 is 0 Å². The van der Waals surface area contributed by atoms with Crippen molar-refractivity contribution in [3.63, 3.8) is 0 Å². The number of morpholine rings is 1. The van der Waals surface area contributed by atoms with E-state index in [0.717, 1.165) is 5.56 Å². The van der Waals surface area contributed by atoms with Crippen LogP contribution in [0.5, 0.6) is 0 Å². The van der Waals surface area contributed by atoms with Gasteiger partial charge in [-0.1, -0.05) is 36.4 Å². The molecular formula is C23H28FN3O5. The smallest absolute Gasteiger partial charge is 0.407 e. The Kier molecular flexibility index (Phi) is 8.82. The third kappa shape index (κ3) is 7.51. The van der Waals surface area contributed by atoms with Crippen molar-refractivity contribution in [1.82, 2.24) is 10.6 Å².